The molecule has 27 heavy (non-hydrogen) atoms. The van der Waals surface area contributed by atoms with E-state index in [0.29, 0.717) is 6.42 Å². The van der Waals surface area contributed by atoms with Crippen LogP contribution >= 0.6 is 11.3 Å². The van der Waals surface area contributed by atoms with E-state index in [1.165, 1.54) is 5.56 Å². The number of rotatable bonds is 7. The highest BCUT2D eigenvalue weighted by Gasteiger charge is 2.21. The van der Waals surface area contributed by atoms with Crippen LogP contribution in [0.2, 0.25) is 0 Å². The average molecular weight is 383 g/mol. The van der Waals surface area contributed by atoms with Crippen LogP contribution < -0.4 is 5.32 Å². The minimum atomic E-state index is 0.0805. The molecule has 1 amide bonds. The van der Waals surface area contributed by atoms with Gasteiger partial charge in [0.05, 0.1) is 12.1 Å². The summed E-state index contributed by atoms with van der Waals surface area (Å²) < 4.78 is 1.97. The van der Waals surface area contributed by atoms with Crippen LogP contribution in [-0.2, 0) is 17.6 Å². The van der Waals surface area contributed by atoms with Crippen molar-refractivity contribution in [1.29, 1.82) is 0 Å². The third-order valence-corrected chi connectivity index (χ3v) is 5.91. The van der Waals surface area contributed by atoms with E-state index in [1.807, 2.05) is 22.2 Å². The first-order valence-corrected chi connectivity index (χ1v) is 10.6. The van der Waals surface area contributed by atoms with Gasteiger partial charge in [-0.2, -0.15) is 0 Å². The number of fused-ring (bicyclic) bond motifs is 1. The van der Waals surface area contributed by atoms with Crippen molar-refractivity contribution in [2.24, 2.45) is 0 Å². The maximum absolute atomic E-state index is 12.4. The summed E-state index contributed by atoms with van der Waals surface area (Å²) >= 11 is 1.59. The number of nitrogens with zero attached hydrogens (tertiary/aromatic N) is 3. The maximum atomic E-state index is 12.4. The first kappa shape index (κ1) is 18.2. The molecular weight excluding hydrogens is 356 g/mol. The second kappa shape index (κ2) is 8.67. The number of hydrogen-bond acceptors (Lipinski definition) is 4. The fraction of sp³-hybridized carbons (Fsp3) is 0.429. The van der Waals surface area contributed by atoms with Crippen LogP contribution in [0.25, 0.3) is 4.96 Å². The summed E-state index contributed by atoms with van der Waals surface area (Å²) in [6, 6.07) is 10.9. The molecule has 142 valence electrons. The van der Waals surface area contributed by atoms with Crippen molar-refractivity contribution in [2.45, 2.75) is 38.1 Å². The third-order valence-electron chi connectivity index (χ3n) is 5.14. The lowest BCUT2D eigenvalue weighted by molar-refractivity contribution is -0.121. The first-order chi connectivity index (χ1) is 13.3. The van der Waals surface area contributed by atoms with Crippen molar-refractivity contribution in [3.05, 3.63) is 59.4 Å². The monoisotopic (exact) mass is 382 g/mol. The molecule has 3 heterocycles. The van der Waals surface area contributed by atoms with E-state index in [2.05, 4.69) is 45.5 Å². The number of likely N-dealkylation sites (tertiary alicyclic amines) is 1. The Kier molecular flexibility index (Phi) is 5.84. The van der Waals surface area contributed by atoms with E-state index >= 15 is 0 Å². The second-order valence-corrected chi connectivity index (χ2v) is 8.17. The maximum Gasteiger partial charge on any atom is 0.226 e. The molecule has 5 nitrogen and oxygen atoms in total. The Bertz CT molecular complexity index is 844. The van der Waals surface area contributed by atoms with Crippen LogP contribution in [0.1, 0.15) is 30.5 Å². The fourth-order valence-corrected chi connectivity index (χ4v) is 4.55. The van der Waals surface area contributed by atoms with Crippen molar-refractivity contribution in [1.82, 2.24) is 19.6 Å². The van der Waals surface area contributed by atoms with Gasteiger partial charge in [0.1, 0.15) is 0 Å². The van der Waals surface area contributed by atoms with Crippen molar-refractivity contribution in [2.75, 3.05) is 19.6 Å². The number of amides is 1. The Hall–Kier alpha value is -2.18. The molecule has 2 aromatic heterocycles. The predicted molar refractivity (Wildman–Crippen MR) is 109 cm³/mol. The van der Waals surface area contributed by atoms with Crippen LogP contribution in [0, 0.1) is 0 Å². The van der Waals surface area contributed by atoms with Gasteiger partial charge < -0.3 is 10.2 Å². The molecule has 1 aliphatic rings. The lowest BCUT2D eigenvalue weighted by Gasteiger charge is -2.33. The average Bonchev–Trinajstić information content (AvgIpc) is 3.24. The molecule has 0 saturated carbocycles. The molecule has 0 aliphatic carbocycles. The molecule has 1 aromatic carbocycles. The predicted octanol–water partition coefficient (Wildman–Crippen LogP) is 3.15. The molecule has 1 aliphatic heterocycles. The van der Waals surface area contributed by atoms with Gasteiger partial charge in [0.25, 0.3) is 0 Å². The molecule has 0 spiro atoms. The number of piperidine rings is 1. The Morgan fingerprint density at radius 3 is 3.04 bits per heavy atom. The summed E-state index contributed by atoms with van der Waals surface area (Å²) in [4.78, 5) is 20.3. The Morgan fingerprint density at radius 2 is 2.19 bits per heavy atom. The van der Waals surface area contributed by atoms with Gasteiger partial charge in [-0.15, -0.1) is 11.3 Å². The zero-order valence-electron chi connectivity index (χ0n) is 15.5. The van der Waals surface area contributed by atoms with Crippen molar-refractivity contribution >= 4 is 22.2 Å². The first-order valence-electron chi connectivity index (χ1n) is 9.73. The normalized spacial score (nSPS) is 18.0. The van der Waals surface area contributed by atoms with E-state index in [9.17, 15) is 4.79 Å². The van der Waals surface area contributed by atoms with Crippen LogP contribution in [0.15, 0.2) is 48.1 Å². The zero-order chi connectivity index (χ0) is 18.5. The lowest BCUT2D eigenvalue weighted by atomic mass is 10.0. The minimum Gasteiger partial charge on any atom is -0.352 e. The number of nitrogens with one attached hydrogen (secondary N) is 1. The number of carbonyl (C=O) groups is 1. The van der Waals surface area contributed by atoms with Gasteiger partial charge in [0.2, 0.25) is 5.91 Å². The topological polar surface area (TPSA) is 49.6 Å². The molecule has 1 unspecified atom stereocenters. The quantitative estimate of drug-likeness (QED) is 0.683. The van der Waals surface area contributed by atoms with Crippen molar-refractivity contribution in [3.63, 3.8) is 0 Å². The SMILES string of the molecule is O=C(Cc1cn2ccsc2n1)NC1CCCN(CCCc2ccccc2)C1. The summed E-state index contributed by atoms with van der Waals surface area (Å²) in [6.45, 7) is 3.19. The smallest absolute Gasteiger partial charge is 0.226 e. The van der Waals surface area contributed by atoms with Gasteiger partial charge in [-0.05, 0) is 44.3 Å². The summed E-state index contributed by atoms with van der Waals surface area (Å²) in [5.74, 6) is 0.0805. The van der Waals surface area contributed by atoms with Crippen LogP contribution in [-0.4, -0.2) is 45.9 Å². The highest BCUT2D eigenvalue weighted by molar-refractivity contribution is 7.15. The van der Waals surface area contributed by atoms with Crippen molar-refractivity contribution < 1.29 is 4.79 Å². The zero-order valence-corrected chi connectivity index (χ0v) is 16.3. The van der Waals surface area contributed by atoms with E-state index in [0.717, 1.165) is 56.0 Å². The molecule has 0 bridgehead atoms. The van der Waals surface area contributed by atoms with E-state index in [1.54, 1.807) is 11.3 Å². The largest absolute Gasteiger partial charge is 0.352 e. The molecule has 1 N–H and O–H groups in total. The van der Waals surface area contributed by atoms with Gasteiger partial charge in [-0.3, -0.25) is 9.20 Å². The molecule has 6 heteroatoms. The number of imidazole rings is 1. The van der Waals surface area contributed by atoms with Gasteiger partial charge in [0.15, 0.2) is 4.96 Å². The van der Waals surface area contributed by atoms with Gasteiger partial charge in [-0.1, -0.05) is 30.3 Å². The molecule has 1 saturated heterocycles. The molecule has 3 aromatic rings. The summed E-state index contributed by atoms with van der Waals surface area (Å²) in [6.07, 6.45) is 8.78. The van der Waals surface area contributed by atoms with Gasteiger partial charge >= 0.3 is 0 Å². The second-order valence-electron chi connectivity index (χ2n) is 7.30. The molecule has 1 fully saturated rings. The van der Waals surface area contributed by atoms with Gasteiger partial charge in [-0.25, -0.2) is 4.98 Å². The number of aryl methyl sites for hydroxylation is 1. The molecular formula is C21H26N4OS. The number of hydrogen-bond donors (Lipinski definition) is 1. The number of benzene rings is 1. The highest BCUT2D eigenvalue weighted by atomic mass is 32.1. The number of aromatic nitrogens is 2. The standard InChI is InChI=1S/C21H26N4OS/c26-20(14-19-16-25-12-13-27-21(25)23-19)22-18-9-5-11-24(15-18)10-4-8-17-6-2-1-3-7-17/h1-3,6-7,12-13,16,18H,4-5,8-11,14-15H2,(H,22,26). The summed E-state index contributed by atoms with van der Waals surface area (Å²) in [5, 5.41) is 5.22. The van der Waals surface area contributed by atoms with E-state index in [-0.39, 0.29) is 11.9 Å². The lowest BCUT2D eigenvalue weighted by Crippen LogP contribution is -2.48. The van der Waals surface area contributed by atoms with Gasteiger partial charge in [0, 0.05) is 30.4 Å². The van der Waals surface area contributed by atoms with Crippen LogP contribution in [0.4, 0.5) is 0 Å². The van der Waals surface area contributed by atoms with Crippen LogP contribution in [0.3, 0.4) is 0 Å². The summed E-state index contributed by atoms with van der Waals surface area (Å²) in [7, 11) is 0. The number of carbonyl (C=O) groups excluding carboxylic acids is 1. The third kappa shape index (κ3) is 4.96. The van der Waals surface area contributed by atoms with Crippen LogP contribution in [0.5, 0.6) is 0 Å². The molecule has 4 rings (SSSR count). The minimum absolute atomic E-state index is 0.0805. The Labute approximate surface area is 164 Å². The fourth-order valence-electron chi connectivity index (χ4n) is 3.83. The van der Waals surface area contributed by atoms with E-state index in [4.69, 9.17) is 0 Å². The Morgan fingerprint density at radius 1 is 1.30 bits per heavy atom. The Balaban J connectivity index is 1.21. The highest BCUT2D eigenvalue weighted by Crippen LogP contribution is 2.14. The molecule has 0 radical (unpaired) electrons. The number of thiazole rings is 1. The molecule has 1 atom stereocenters. The summed E-state index contributed by atoms with van der Waals surface area (Å²) in [5.41, 5.74) is 2.24. The van der Waals surface area contributed by atoms with E-state index < -0.39 is 0 Å². The van der Waals surface area contributed by atoms with Crippen molar-refractivity contribution in [3.8, 4) is 0 Å².